The summed E-state index contributed by atoms with van der Waals surface area (Å²) in [5.41, 5.74) is 2.62. The number of rotatable bonds is 1. The highest BCUT2D eigenvalue weighted by molar-refractivity contribution is 7.15. The van der Waals surface area contributed by atoms with Crippen molar-refractivity contribution in [1.82, 2.24) is 9.38 Å². The van der Waals surface area contributed by atoms with Crippen molar-refractivity contribution < 1.29 is 0 Å². The van der Waals surface area contributed by atoms with Crippen molar-refractivity contribution in [3.63, 3.8) is 0 Å². The maximum Gasteiger partial charge on any atom is 0.274 e. The van der Waals surface area contributed by atoms with Crippen molar-refractivity contribution in [3.8, 4) is 0 Å². The maximum absolute atomic E-state index is 12.6. The molecule has 0 aliphatic carbocycles. The minimum Gasteiger partial charge on any atom is -0.267 e. The molecule has 0 saturated heterocycles. The van der Waals surface area contributed by atoms with Crippen LogP contribution in [0.25, 0.3) is 22.1 Å². The molecule has 0 aliphatic rings. The summed E-state index contributed by atoms with van der Waals surface area (Å²) in [6.07, 6.45) is 1.87. The lowest BCUT2D eigenvalue weighted by Crippen LogP contribution is -2.22. The molecule has 0 fully saturated rings. The second kappa shape index (κ2) is 4.69. The van der Waals surface area contributed by atoms with E-state index < -0.39 is 0 Å². The monoisotopic (exact) mass is 312 g/mol. The van der Waals surface area contributed by atoms with Crippen molar-refractivity contribution in [1.29, 1.82) is 0 Å². The molecular formula is C16H9ClN2OS. The van der Waals surface area contributed by atoms with E-state index in [2.05, 4.69) is 4.98 Å². The predicted octanol–water partition coefficient (Wildman–Crippen LogP) is 3.11. The Kier molecular flexibility index (Phi) is 2.80. The number of hydrogen-bond acceptors (Lipinski definition) is 3. The third-order valence-electron chi connectivity index (χ3n) is 3.31. The minimum atomic E-state index is -0.0290. The van der Waals surface area contributed by atoms with Gasteiger partial charge >= 0.3 is 0 Å². The van der Waals surface area contributed by atoms with Gasteiger partial charge in [-0.2, -0.15) is 0 Å². The van der Waals surface area contributed by atoms with Crippen LogP contribution in [0, 0.1) is 0 Å². The first-order valence-electron chi connectivity index (χ1n) is 6.40. The van der Waals surface area contributed by atoms with E-state index in [0.29, 0.717) is 9.55 Å². The molecule has 0 atom stereocenters. The van der Waals surface area contributed by atoms with Crippen molar-refractivity contribution in [2.24, 2.45) is 0 Å². The molecule has 0 aliphatic heterocycles. The van der Waals surface area contributed by atoms with E-state index in [1.165, 1.54) is 11.3 Å². The molecule has 0 spiro atoms. The molecule has 2 aromatic heterocycles. The Morgan fingerprint density at radius 2 is 1.86 bits per heavy atom. The number of nitrogens with zero attached hydrogens (tertiary/aromatic N) is 2. The Labute approximate surface area is 128 Å². The second-order valence-corrected chi connectivity index (χ2v) is 6.13. The van der Waals surface area contributed by atoms with Crippen LogP contribution in [0.2, 0.25) is 5.02 Å². The van der Waals surface area contributed by atoms with E-state index in [0.717, 1.165) is 21.6 Å². The van der Waals surface area contributed by atoms with E-state index in [-0.39, 0.29) is 5.56 Å². The van der Waals surface area contributed by atoms with Crippen LogP contribution in [0.15, 0.2) is 53.3 Å². The fourth-order valence-corrected chi connectivity index (χ4v) is 3.44. The predicted molar refractivity (Wildman–Crippen MR) is 87.1 cm³/mol. The van der Waals surface area contributed by atoms with Crippen LogP contribution in [0.1, 0.15) is 5.56 Å². The van der Waals surface area contributed by atoms with Crippen LogP contribution in [-0.4, -0.2) is 9.38 Å². The van der Waals surface area contributed by atoms with Gasteiger partial charge in [0.15, 0.2) is 4.96 Å². The van der Waals surface area contributed by atoms with Gasteiger partial charge in [0.05, 0.1) is 15.6 Å². The number of hydrogen-bond donors (Lipinski definition) is 0. The van der Waals surface area contributed by atoms with Crippen LogP contribution in [0.3, 0.4) is 0 Å². The van der Waals surface area contributed by atoms with E-state index in [4.69, 9.17) is 11.6 Å². The zero-order valence-corrected chi connectivity index (χ0v) is 12.4. The van der Waals surface area contributed by atoms with E-state index in [1.54, 1.807) is 4.40 Å². The van der Waals surface area contributed by atoms with Crippen LogP contribution in [-0.2, 0) is 0 Å². The van der Waals surface area contributed by atoms with Gasteiger partial charge in [-0.05, 0) is 35.9 Å². The van der Waals surface area contributed by atoms with Gasteiger partial charge in [0.25, 0.3) is 5.56 Å². The van der Waals surface area contributed by atoms with Gasteiger partial charge in [-0.1, -0.05) is 47.2 Å². The number of para-hydroxylation sites is 2. The molecule has 0 unspecified atom stereocenters. The lowest BCUT2D eigenvalue weighted by molar-refractivity contribution is 1.19. The number of fused-ring (bicyclic) bond motifs is 3. The largest absolute Gasteiger partial charge is 0.274 e. The number of thiazole rings is 1. The molecule has 0 saturated carbocycles. The van der Waals surface area contributed by atoms with Gasteiger partial charge in [0, 0.05) is 5.02 Å². The first kappa shape index (κ1) is 12.6. The summed E-state index contributed by atoms with van der Waals surface area (Å²) >= 11 is 7.27. The molecule has 2 aromatic carbocycles. The smallest absolute Gasteiger partial charge is 0.267 e. The summed E-state index contributed by atoms with van der Waals surface area (Å²) in [5.74, 6) is 0. The topological polar surface area (TPSA) is 34.4 Å². The van der Waals surface area contributed by atoms with Crippen LogP contribution in [0.5, 0.6) is 0 Å². The normalized spacial score (nSPS) is 12.5. The first-order valence-corrected chi connectivity index (χ1v) is 7.59. The lowest BCUT2D eigenvalue weighted by Gasteiger charge is -1.91. The van der Waals surface area contributed by atoms with Gasteiger partial charge in [-0.25, -0.2) is 9.38 Å². The van der Waals surface area contributed by atoms with Crippen LogP contribution >= 0.6 is 22.9 Å². The Hall–Kier alpha value is -2.17. The lowest BCUT2D eigenvalue weighted by atomic mass is 10.2. The number of imidazole rings is 1. The number of aromatic nitrogens is 2. The Morgan fingerprint density at radius 1 is 1.10 bits per heavy atom. The standard InChI is InChI=1S/C16H9ClN2OS/c17-11-7-5-10(6-8-11)9-14-15(20)19-13-4-2-1-3-12(13)18-16(19)21-14/h1-9H/b14-9-. The van der Waals surface area contributed by atoms with Gasteiger partial charge < -0.3 is 0 Å². The van der Waals surface area contributed by atoms with Crippen LogP contribution in [0.4, 0.5) is 0 Å². The fraction of sp³-hybridized carbons (Fsp3) is 0. The Morgan fingerprint density at radius 3 is 2.67 bits per heavy atom. The molecule has 2 heterocycles. The average molecular weight is 313 g/mol. The summed E-state index contributed by atoms with van der Waals surface area (Å²) in [7, 11) is 0. The quantitative estimate of drug-likeness (QED) is 0.541. The summed E-state index contributed by atoms with van der Waals surface area (Å²) in [6.45, 7) is 0. The molecule has 0 amide bonds. The Balaban J connectivity index is 2.00. The van der Waals surface area contributed by atoms with E-state index >= 15 is 0 Å². The number of halogens is 1. The minimum absolute atomic E-state index is 0.0290. The third kappa shape index (κ3) is 2.04. The molecule has 4 aromatic rings. The maximum atomic E-state index is 12.6. The molecular weight excluding hydrogens is 304 g/mol. The van der Waals surface area contributed by atoms with E-state index in [9.17, 15) is 4.79 Å². The van der Waals surface area contributed by atoms with Crippen molar-refractivity contribution in [2.75, 3.05) is 0 Å². The highest BCUT2D eigenvalue weighted by atomic mass is 35.5. The SMILES string of the molecule is O=c1/c(=C/c2ccc(Cl)cc2)sc2nc3ccccc3n12. The first-order chi connectivity index (χ1) is 10.2. The van der Waals surface area contributed by atoms with Crippen LogP contribution < -0.4 is 10.1 Å². The number of benzene rings is 2. The molecule has 102 valence electrons. The summed E-state index contributed by atoms with van der Waals surface area (Å²) in [5, 5.41) is 0.682. The van der Waals surface area contributed by atoms with Crippen molar-refractivity contribution in [3.05, 3.63) is 74.0 Å². The summed E-state index contributed by atoms with van der Waals surface area (Å²) in [6, 6.07) is 15.1. The molecule has 5 heteroatoms. The molecule has 21 heavy (non-hydrogen) atoms. The summed E-state index contributed by atoms with van der Waals surface area (Å²) in [4.78, 5) is 17.8. The van der Waals surface area contributed by atoms with Gasteiger partial charge in [-0.3, -0.25) is 4.79 Å². The van der Waals surface area contributed by atoms with Gasteiger partial charge in [0.2, 0.25) is 0 Å². The highest BCUT2D eigenvalue weighted by Crippen LogP contribution is 2.16. The molecule has 4 rings (SSSR count). The zero-order valence-electron chi connectivity index (χ0n) is 10.8. The van der Waals surface area contributed by atoms with Gasteiger partial charge in [0.1, 0.15) is 0 Å². The zero-order chi connectivity index (χ0) is 14.4. The highest BCUT2D eigenvalue weighted by Gasteiger charge is 2.10. The molecule has 0 N–H and O–H groups in total. The second-order valence-electron chi connectivity index (χ2n) is 4.69. The van der Waals surface area contributed by atoms with Crippen molar-refractivity contribution in [2.45, 2.75) is 0 Å². The van der Waals surface area contributed by atoms with Gasteiger partial charge in [-0.15, -0.1) is 0 Å². The van der Waals surface area contributed by atoms with Crippen molar-refractivity contribution >= 4 is 45.0 Å². The van der Waals surface area contributed by atoms with E-state index in [1.807, 2.05) is 54.6 Å². The Bertz CT molecular complexity index is 1060. The summed E-state index contributed by atoms with van der Waals surface area (Å²) < 4.78 is 2.34. The molecule has 3 nitrogen and oxygen atoms in total. The average Bonchev–Trinajstić information content (AvgIpc) is 2.99. The fourth-order valence-electron chi connectivity index (χ4n) is 2.32. The molecule has 0 bridgehead atoms. The third-order valence-corrected chi connectivity index (χ3v) is 4.53. The molecule has 0 radical (unpaired) electrons.